The molecule has 0 fully saturated rings. The molecule has 0 spiro atoms. The van der Waals surface area contributed by atoms with Crippen molar-refractivity contribution >= 4 is 11.5 Å². The Kier molecular flexibility index (Phi) is 3.33. The summed E-state index contributed by atoms with van der Waals surface area (Å²) in [5, 5.41) is 12.9. The largest absolute Gasteiger partial charge is 0.351 e. The van der Waals surface area contributed by atoms with E-state index in [2.05, 4.69) is 64.5 Å². The highest BCUT2D eigenvalue weighted by Crippen LogP contribution is 2.24. The molecule has 108 valence electrons. The Balaban J connectivity index is 2.01. The van der Waals surface area contributed by atoms with Gasteiger partial charge in [-0.2, -0.15) is 4.52 Å². The van der Waals surface area contributed by atoms with Crippen LogP contribution in [0.5, 0.6) is 0 Å². The van der Waals surface area contributed by atoms with E-state index in [1.807, 2.05) is 19.9 Å². The van der Waals surface area contributed by atoms with E-state index in [1.54, 1.807) is 4.52 Å². The molecule has 21 heavy (non-hydrogen) atoms. The molecule has 3 aromatic rings. The number of aromatic nitrogens is 4. The van der Waals surface area contributed by atoms with E-state index in [9.17, 15) is 0 Å². The van der Waals surface area contributed by atoms with Crippen molar-refractivity contribution < 1.29 is 0 Å². The van der Waals surface area contributed by atoms with Crippen molar-refractivity contribution in [2.24, 2.45) is 0 Å². The minimum absolute atomic E-state index is 0.243. The van der Waals surface area contributed by atoms with Gasteiger partial charge in [-0.1, -0.05) is 30.3 Å². The highest BCUT2D eigenvalue weighted by molar-refractivity contribution is 5.53. The van der Waals surface area contributed by atoms with Crippen molar-refractivity contribution in [1.29, 1.82) is 0 Å². The average Bonchev–Trinajstić information content (AvgIpc) is 2.89. The lowest BCUT2D eigenvalue weighted by molar-refractivity contribution is 0.711. The fourth-order valence-corrected chi connectivity index (χ4v) is 2.44. The fraction of sp³-hybridized carbons (Fsp3) is 0.312. The van der Waals surface area contributed by atoms with Gasteiger partial charge in [-0.3, -0.25) is 0 Å². The minimum atomic E-state index is 0.243. The van der Waals surface area contributed by atoms with Gasteiger partial charge in [-0.15, -0.1) is 15.3 Å². The Morgan fingerprint density at radius 1 is 1.10 bits per heavy atom. The highest BCUT2D eigenvalue weighted by Gasteiger charge is 2.16. The van der Waals surface area contributed by atoms with Gasteiger partial charge in [-0.05, 0) is 38.0 Å². The third-order valence-corrected chi connectivity index (χ3v) is 3.92. The Morgan fingerprint density at radius 2 is 1.81 bits per heavy atom. The number of hydrogen-bond donors (Lipinski definition) is 0. The van der Waals surface area contributed by atoms with Crippen LogP contribution in [0.1, 0.15) is 29.9 Å². The number of anilines is 1. The van der Waals surface area contributed by atoms with Gasteiger partial charge in [0.25, 0.3) is 0 Å². The number of aryl methyl sites for hydroxylation is 2. The van der Waals surface area contributed by atoms with Crippen LogP contribution in [0.25, 0.3) is 5.65 Å². The summed E-state index contributed by atoms with van der Waals surface area (Å²) in [4.78, 5) is 2.17. The minimum Gasteiger partial charge on any atom is -0.351 e. The summed E-state index contributed by atoms with van der Waals surface area (Å²) in [6.45, 7) is 6.13. The zero-order valence-corrected chi connectivity index (χ0v) is 12.8. The first-order valence-corrected chi connectivity index (χ1v) is 7.05. The summed E-state index contributed by atoms with van der Waals surface area (Å²) in [6, 6.07) is 12.7. The van der Waals surface area contributed by atoms with E-state index >= 15 is 0 Å². The van der Waals surface area contributed by atoms with Gasteiger partial charge in [-0.25, -0.2) is 0 Å². The van der Waals surface area contributed by atoms with Gasteiger partial charge < -0.3 is 4.90 Å². The molecule has 0 saturated heterocycles. The highest BCUT2D eigenvalue weighted by atomic mass is 15.4. The summed E-state index contributed by atoms with van der Waals surface area (Å²) in [5.41, 5.74) is 3.16. The van der Waals surface area contributed by atoms with Crippen molar-refractivity contribution in [3.63, 3.8) is 0 Å². The lowest BCUT2D eigenvalue weighted by Gasteiger charge is -2.26. The van der Waals surface area contributed by atoms with E-state index in [4.69, 9.17) is 0 Å². The van der Waals surface area contributed by atoms with E-state index in [1.165, 1.54) is 5.56 Å². The summed E-state index contributed by atoms with van der Waals surface area (Å²) in [6.07, 6.45) is 0. The third kappa shape index (κ3) is 2.35. The van der Waals surface area contributed by atoms with Gasteiger partial charge in [0.05, 0.1) is 6.04 Å². The zero-order valence-electron chi connectivity index (χ0n) is 12.8. The predicted octanol–water partition coefficient (Wildman–Crippen LogP) is 2.94. The monoisotopic (exact) mass is 281 g/mol. The molecular weight excluding hydrogens is 262 g/mol. The van der Waals surface area contributed by atoms with E-state index in [0.717, 1.165) is 22.9 Å². The van der Waals surface area contributed by atoms with Crippen LogP contribution in [0.2, 0.25) is 0 Å². The normalized spacial score (nSPS) is 12.6. The van der Waals surface area contributed by atoms with Crippen LogP contribution in [-0.2, 0) is 0 Å². The second kappa shape index (κ2) is 5.16. The molecule has 2 aromatic heterocycles. The van der Waals surface area contributed by atoms with Gasteiger partial charge in [0, 0.05) is 7.05 Å². The Labute approximate surface area is 124 Å². The maximum Gasteiger partial charge on any atom is 0.180 e. The van der Waals surface area contributed by atoms with Crippen molar-refractivity contribution in [1.82, 2.24) is 19.8 Å². The molecule has 0 aliphatic heterocycles. The number of benzene rings is 1. The molecule has 3 rings (SSSR count). The molecule has 1 atom stereocenters. The van der Waals surface area contributed by atoms with E-state index < -0.39 is 0 Å². The molecule has 0 unspecified atom stereocenters. The lowest BCUT2D eigenvalue weighted by Crippen LogP contribution is -2.23. The number of hydrogen-bond acceptors (Lipinski definition) is 4. The molecule has 1 aromatic carbocycles. The molecule has 5 nitrogen and oxygen atoms in total. The first-order chi connectivity index (χ1) is 10.1. The number of fused-ring (bicyclic) bond motifs is 1. The molecule has 0 saturated carbocycles. The van der Waals surface area contributed by atoms with Crippen LogP contribution < -0.4 is 4.90 Å². The predicted molar refractivity (Wildman–Crippen MR) is 83.5 cm³/mol. The summed E-state index contributed by atoms with van der Waals surface area (Å²) >= 11 is 0. The molecule has 0 amide bonds. The van der Waals surface area contributed by atoms with E-state index in [0.29, 0.717) is 0 Å². The van der Waals surface area contributed by atoms with E-state index in [-0.39, 0.29) is 6.04 Å². The standard InChI is InChI=1S/C16H19N5/c1-11-10-15(19-21-13(3)17-18-16(11)21)20(4)12(2)14-8-6-5-7-9-14/h5-10,12H,1-4H3/t12-/m0/s1. The fourth-order valence-electron chi connectivity index (χ4n) is 2.44. The van der Waals surface area contributed by atoms with Crippen molar-refractivity contribution in [3.8, 4) is 0 Å². The maximum absolute atomic E-state index is 4.66. The van der Waals surface area contributed by atoms with Gasteiger partial charge >= 0.3 is 0 Å². The SMILES string of the molecule is Cc1cc(N(C)[C@@H](C)c2ccccc2)nn2c(C)nnc12. The summed E-state index contributed by atoms with van der Waals surface area (Å²) in [5.74, 6) is 1.72. The molecule has 0 N–H and O–H groups in total. The average molecular weight is 281 g/mol. The van der Waals surface area contributed by atoms with Crippen molar-refractivity contribution in [3.05, 3.63) is 53.3 Å². The zero-order chi connectivity index (χ0) is 15.0. The van der Waals surface area contributed by atoms with Crippen LogP contribution in [0.4, 0.5) is 5.82 Å². The molecule has 5 heteroatoms. The van der Waals surface area contributed by atoms with Crippen molar-refractivity contribution in [2.45, 2.75) is 26.8 Å². The number of nitrogens with zero attached hydrogens (tertiary/aromatic N) is 5. The van der Waals surface area contributed by atoms with Crippen LogP contribution in [-0.4, -0.2) is 26.9 Å². The molecule has 0 radical (unpaired) electrons. The van der Waals surface area contributed by atoms with Crippen LogP contribution in [0.3, 0.4) is 0 Å². The second-order valence-electron chi connectivity index (χ2n) is 5.37. The smallest absolute Gasteiger partial charge is 0.180 e. The first kappa shape index (κ1) is 13.5. The van der Waals surface area contributed by atoms with Crippen LogP contribution in [0.15, 0.2) is 36.4 Å². The molecule has 0 bridgehead atoms. The first-order valence-electron chi connectivity index (χ1n) is 7.05. The molecule has 2 heterocycles. The Hall–Kier alpha value is -2.43. The maximum atomic E-state index is 4.66. The van der Waals surface area contributed by atoms with Crippen LogP contribution >= 0.6 is 0 Å². The number of rotatable bonds is 3. The van der Waals surface area contributed by atoms with Gasteiger partial charge in [0.15, 0.2) is 11.5 Å². The third-order valence-electron chi connectivity index (χ3n) is 3.92. The lowest BCUT2D eigenvalue weighted by atomic mass is 10.1. The van der Waals surface area contributed by atoms with Gasteiger partial charge in [0.1, 0.15) is 5.82 Å². The van der Waals surface area contributed by atoms with Gasteiger partial charge in [0.2, 0.25) is 0 Å². The van der Waals surface area contributed by atoms with Crippen LogP contribution in [0, 0.1) is 13.8 Å². The Morgan fingerprint density at radius 3 is 2.52 bits per heavy atom. The summed E-state index contributed by atoms with van der Waals surface area (Å²) in [7, 11) is 2.06. The summed E-state index contributed by atoms with van der Waals surface area (Å²) < 4.78 is 1.80. The van der Waals surface area contributed by atoms with Crippen molar-refractivity contribution in [2.75, 3.05) is 11.9 Å². The molecule has 0 aliphatic carbocycles. The molecular formula is C16H19N5. The Bertz CT molecular complexity index is 763. The second-order valence-corrected chi connectivity index (χ2v) is 5.37. The topological polar surface area (TPSA) is 46.3 Å². The quantitative estimate of drug-likeness (QED) is 0.740. The molecule has 0 aliphatic rings.